The molecule has 0 saturated carbocycles. The first-order valence-corrected chi connectivity index (χ1v) is 16.7. The highest BCUT2D eigenvalue weighted by Crippen LogP contribution is 2.48. The van der Waals surface area contributed by atoms with Crippen molar-refractivity contribution in [2.75, 3.05) is 6.54 Å². The zero-order valence-corrected chi connectivity index (χ0v) is 26.2. The van der Waals surface area contributed by atoms with Crippen LogP contribution in [-0.2, 0) is 32.4 Å². The van der Waals surface area contributed by atoms with Gasteiger partial charge in [-0.2, -0.15) is 4.31 Å². The Labute approximate surface area is 268 Å². The van der Waals surface area contributed by atoms with E-state index in [4.69, 9.17) is 4.42 Å². The second kappa shape index (κ2) is 12.9. The van der Waals surface area contributed by atoms with E-state index in [2.05, 4.69) is 0 Å². The Morgan fingerprint density at radius 1 is 0.913 bits per heavy atom. The number of sulfonamides is 1. The summed E-state index contributed by atoms with van der Waals surface area (Å²) in [4.78, 5) is 12.8. The highest BCUT2D eigenvalue weighted by Gasteiger charge is 2.52. The maximum Gasteiger partial charge on any atom is 0.322 e. The topological polar surface area (TPSA) is 87.8 Å². The minimum Gasteiger partial charge on any atom is -0.480 e. The van der Waals surface area contributed by atoms with E-state index in [-0.39, 0.29) is 19.4 Å². The zero-order chi connectivity index (χ0) is 32.3. The van der Waals surface area contributed by atoms with E-state index in [0.29, 0.717) is 34.3 Å². The highest BCUT2D eigenvalue weighted by molar-refractivity contribution is 7.90. The van der Waals surface area contributed by atoms with Gasteiger partial charge in [0.05, 0.1) is 0 Å². The molecule has 2 atom stereocenters. The molecular weight excluding hydrogens is 601 g/mol. The lowest BCUT2D eigenvalue weighted by Gasteiger charge is -2.39. The number of halogens is 1. The Bertz CT molecular complexity index is 2020. The van der Waals surface area contributed by atoms with Gasteiger partial charge in [-0.05, 0) is 53.3 Å². The van der Waals surface area contributed by atoms with Crippen LogP contribution in [0.2, 0.25) is 0 Å². The Morgan fingerprint density at radius 3 is 2.20 bits per heavy atom. The number of para-hydroxylation sites is 1. The van der Waals surface area contributed by atoms with Crippen molar-refractivity contribution in [1.82, 2.24) is 4.31 Å². The van der Waals surface area contributed by atoms with E-state index in [1.54, 1.807) is 13.0 Å². The molecule has 6 rings (SSSR count). The average Bonchev–Trinajstić information content (AvgIpc) is 3.44. The molecule has 234 valence electrons. The van der Waals surface area contributed by atoms with Gasteiger partial charge in [-0.3, -0.25) is 4.79 Å². The fourth-order valence-corrected chi connectivity index (χ4v) is 8.64. The van der Waals surface area contributed by atoms with Crippen LogP contribution in [0.5, 0.6) is 0 Å². The van der Waals surface area contributed by atoms with E-state index in [0.717, 1.165) is 21.0 Å². The summed E-state index contributed by atoms with van der Waals surface area (Å²) < 4.78 is 50.1. The fourth-order valence-electron chi connectivity index (χ4n) is 6.36. The van der Waals surface area contributed by atoms with Crippen LogP contribution in [0, 0.1) is 5.82 Å². The number of benzene rings is 4. The van der Waals surface area contributed by atoms with E-state index < -0.39 is 32.6 Å². The summed E-state index contributed by atoms with van der Waals surface area (Å²) in [5, 5.41) is 11.1. The van der Waals surface area contributed by atoms with Crippen LogP contribution in [0.15, 0.2) is 132 Å². The molecule has 1 aromatic heterocycles. The predicted molar refractivity (Wildman–Crippen MR) is 178 cm³/mol. The van der Waals surface area contributed by atoms with Crippen LogP contribution in [-0.4, -0.2) is 36.4 Å². The van der Waals surface area contributed by atoms with E-state index >= 15 is 8.42 Å². The van der Waals surface area contributed by atoms with Gasteiger partial charge in [-0.1, -0.05) is 116 Å². The quantitative estimate of drug-likeness (QED) is 0.160. The van der Waals surface area contributed by atoms with Crippen molar-refractivity contribution < 1.29 is 27.1 Å². The third kappa shape index (κ3) is 5.82. The van der Waals surface area contributed by atoms with Gasteiger partial charge in [0.2, 0.25) is 10.0 Å². The first kappa shape index (κ1) is 31.2. The molecule has 0 fully saturated rings. The van der Waals surface area contributed by atoms with Gasteiger partial charge >= 0.3 is 5.97 Å². The molecule has 2 unspecified atom stereocenters. The van der Waals surface area contributed by atoms with Crippen molar-refractivity contribution in [2.24, 2.45) is 0 Å². The number of allylic oxidation sites excluding steroid dienone is 3. The summed E-state index contributed by atoms with van der Waals surface area (Å²) in [7, 11) is -4.46. The lowest BCUT2D eigenvalue weighted by Crippen LogP contribution is -2.53. The molecule has 1 heterocycles. The zero-order valence-electron chi connectivity index (χ0n) is 25.3. The van der Waals surface area contributed by atoms with Crippen molar-refractivity contribution >= 4 is 32.5 Å². The standard InChI is InChI=1S/C38H34FNO5S/c1-2-40(33(37(41)42)25-28-17-19-31(39)20-18-28)46(43,44)38(23-21-30(22-24-38)29-13-7-4-8-14-29)36-32-15-9-10-16-34(32)45-35(36)26-27-11-5-3-6-12-27/h3-23,33H,2,24-26H2,1H3,(H,41,42). The number of fused-ring (bicyclic) bond motifs is 1. The normalized spacial score (nSPS) is 17.2. The number of likely N-dealkylation sites (N-methyl/N-ethyl adjacent to an activating group) is 1. The van der Waals surface area contributed by atoms with Crippen LogP contribution in [0.1, 0.15) is 41.4 Å². The van der Waals surface area contributed by atoms with E-state index in [1.807, 2.05) is 97.1 Å². The van der Waals surface area contributed by atoms with Crippen molar-refractivity contribution in [3.05, 3.63) is 161 Å². The minimum atomic E-state index is -4.46. The minimum absolute atomic E-state index is 0.0563. The van der Waals surface area contributed by atoms with Gasteiger partial charge in [0.25, 0.3) is 0 Å². The molecular formula is C38H34FNO5S. The molecule has 1 aliphatic carbocycles. The maximum absolute atomic E-state index is 15.3. The Morgan fingerprint density at radius 2 is 1.57 bits per heavy atom. The molecule has 5 aromatic rings. The summed E-state index contributed by atoms with van der Waals surface area (Å²) in [6.45, 7) is 1.55. The van der Waals surface area contributed by atoms with Gasteiger partial charge in [-0.15, -0.1) is 0 Å². The molecule has 0 aliphatic heterocycles. The van der Waals surface area contributed by atoms with Crippen molar-refractivity contribution in [1.29, 1.82) is 0 Å². The molecule has 0 bridgehead atoms. The SMILES string of the molecule is CCN(C(Cc1ccc(F)cc1)C(=O)O)S(=O)(=O)C1(c2c(Cc3ccccc3)oc3ccccc23)C=CC(c2ccccc2)=CC1. The van der Waals surface area contributed by atoms with E-state index in [9.17, 15) is 14.3 Å². The number of carboxylic acids is 1. The Kier molecular flexibility index (Phi) is 8.75. The van der Waals surface area contributed by atoms with Gasteiger partial charge in [0.15, 0.2) is 0 Å². The lowest BCUT2D eigenvalue weighted by atomic mass is 9.85. The fraction of sp³-hybridized carbons (Fsp3) is 0.184. The third-order valence-electron chi connectivity index (χ3n) is 8.62. The average molecular weight is 636 g/mol. The largest absolute Gasteiger partial charge is 0.480 e. The highest BCUT2D eigenvalue weighted by atomic mass is 32.2. The first-order chi connectivity index (χ1) is 22.2. The molecule has 8 heteroatoms. The number of aliphatic carboxylic acids is 1. The second-order valence-corrected chi connectivity index (χ2v) is 13.6. The first-order valence-electron chi connectivity index (χ1n) is 15.2. The molecule has 1 aliphatic rings. The number of rotatable bonds is 11. The summed E-state index contributed by atoms with van der Waals surface area (Å²) >= 11 is 0. The van der Waals surface area contributed by atoms with Crippen LogP contribution >= 0.6 is 0 Å². The molecule has 0 spiro atoms. The smallest absolute Gasteiger partial charge is 0.322 e. The van der Waals surface area contributed by atoms with Crippen LogP contribution in [0.25, 0.3) is 16.5 Å². The molecule has 46 heavy (non-hydrogen) atoms. The number of furan rings is 1. The van der Waals surface area contributed by atoms with E-state index in [1.165, 1.54) is 24.3 Å². The van der Waals surface area contributed by atoms with Gasteiger partial charge in [-0.25, -0.2) is 12.8 Å². The summed E-state index contributed by atoms with van der Waals surface area (Å²) in [6, 6.07) is 30.8. The number of nitrogens with zero attached hydrogens (tertiary/aromatic N) is 1. The maximum atomic E-state index is 15.3. The Hall–Kier alpha value is -4.79. The molecule has 4 aromatic carbocycles. The van der Waals surface area contributed by atoms with Gasteiger partial charge in [0.1, 0.15) is 27.9 Å². The number of carbonyl (C=O) groups is 1. The van der Waals surface area contributed by atoms with Crippen LogP contribution < -0.4 is 0 Å². The third-order valence-corrected chi connectivity index (χ3v) is 11.2. The molecule has 0 radical (unpaired) electrons. The molecule has 6 nitrogen and oxygen atoms in total. The van der Waals surface area contributed by atoms with Crippen LogP contribution in [0.3, 0.4) is 0 Å². The molecule has 0 saturated heterocycles. The monoisotopic (exact) mass is 635 g/mol. The number of hydrogen-bond acceptors (Lipinski definition) is 4. The number of hydrogen-bond donors (Lipinski definition) is 1. The van der Waals surface area contributed by atoms with Crippen LogP contribution in [0.4, 0.5) is 4.39 Å². The van der Waals surface area contributed by atoms with Crippen molar-refractivity contribution in [3.8, 4) is 0 Å². The summed E-state index contributed by atoms with van der Waals surface area (Å²) in [5.41, 5.74) is 4.32. The lowest BCUT2D eigenvalue weighted by molar-refractivity contribution is -0.141. The molecule has 0 amide bonds. The van der Waals surface area contributed by atoms with Crippen molar-refractivity contribution in [2.45, 2.75) is 37.0 Å². The summed E-state index contributed by atoms with van der Waals surface area (Å²) in [6.07, 6.45) is 5.70. The second-order valence-electron chi connectivity index (χ2n) is 11.4. The Balaban J connectivity index is 1.55. The number of carboxylic acid groups (broad SMARTS) is 1. The van der Waals surface area contributed by atoms with Gasteiger partial charge < -0.3 is 9.52 Å². The summed E-state index contributed by atoms with van der Waals surface area (Å²) in [5.74, 6) is -1.24. The van der Waals surface area contributed by atoms with Gasteiger partial charge in [0, 0.05) is 23.9 Å². The predicted octanol–water partition coefficient (Wildman–Crippen LogP) is 7.75. The van der Waals surface area contributed by atoms with Crippen molar-refractivity contribution in [3.63, 3.8) is 0 Å². The molecule has 1 N–H and O–H groups in total.